The quantitative estimate of drug-likeness (QED) is 0.637. The predicted molar refractivity (Wildman–Crippen MR) is 41.3 cm³/mol. The molecular formula is C6H15NOS. The average Bonchev–Trinajstić information content (AvgIpc) is 1.63. The highest BCUT2D eigenvalue weighted by atomic mass is 32.2. The Morgan fingerprint density at radius 2 is 2.11 bits per heavy atom. The third-order valence-electron chi connectivity index (χ3n) is 1.13. The molecule has 1 unspecified atom stereocenters. The molecule has 0 aliphatic heterocycles. The molecule has 2 N–H and O–H groups in total. The van der Waals surface area contributed by atoms with Crippen molar-refractivity contribution in [3.63, 3.8) is 0 Å². The highest BCUT2D eigenvalue weighted by Crippen LogP contribution is 2.02. The van der Waals surface area contributed by atoms with Crippen molar-refractivity contribution in [3.05, 3.63) is 0 Å². The summed E-state index contributed by atoms with van der Waals surface area (Å²) in [5, 5.41) is 5.05. The minimum absolute atomic E-state index is 0.651. The Bertz CT molecular complexity index is 93.1. The normalized spacial score (nSPS) is 14.2. The fraction of sp³-hybridized carbons (Fsp3) is 1.00. The minimum Gasteiger partial charge on any atom is -0.252 e. The Balaban J connectivity index is 3.01. The van der Waals surface area contributed by atoms with Crippen LogP contribution in [0.2, 0.25) is 0 Å². The highest BCUT2D eigenvalue weighted by molar-refractivity contribution is 7.82. The van der Waals surface area contributed by atoms with Crippen LogP contribution in [0, 0.1) is 5.92 Å². The summed E-state index contributed by atoms with van der Waals surface area (Å²) in [4.78, 5) is 0. The fourth-order valence-corrected chi connectivity index (χ4v) is 1.09. The van der Waals surface area contributed by atoms with Gasteiger partial charge in [-0.2, -0.15) is 0 Å². The molecule has 9 heavy (non-hydrogen) atoms. The zero-order valence-electron chi connectivity index (χ0n) is 6.09. The van der Waals surface area contributed by atoms with Crippen LogP contribution in [0.15, 0.2) is 0 Å². The van der Waals surface area contributed by atoms with E-state index in [9.17, 15) is 4.21 Å². The predicted octanol–water partition coefficient (Wildman–Crippen LogP) is 1.05. The lowest BCUT2D eigenvalue weighted by molar-refractivity contribution is 0.575. The van der Waals surface area contributed by atoms with E-state index in [1.165, 1.54) is 0 Å². The summed E-state index contributed by atoms with van der Waals surface area (Å²) >= 11 is 0. The van der Waals surface area contributed by atoms with Crippen molar-refractivity contribution < 1.29 is 4.21 Å². The second-order valence-electron chi connectivity index (χ2n) is 2.62. The summed E-state index contributed by atoms with van der Waals surface area (Å²) in [6, 6.07) is 0. The van der Waals surface area contributed by atoms with Crippen LogP contribution in [0.25, 0.3) is 0 Å². The van der Waals surface area contributed by atoms with Gasteiger partial charge in [0.1, 0.15) is 0 Å². The number of rotatable bonds is 4. The largest absolute Gasteiger partial charge is 0.252 e. The van der Waals surface area contributed by atoms with Gasteiger partial charge >= 0.3 is 0 Å². The minimum atomic E-state index is -1.08. The van der Waals surface area contributed by atoms with Gasteiger partial charge in [0.2, 0.25) is 0 Å². The summed E-state index contributed by atoms with van der Waals surface area (Å²) < 4.78 is 10.3. The molecule has 0 aliphatic rings. The maximum absolute atomic E-state index is 10.3. The average molecular weight is 149 g/mol. The first-order valence-electron chi connectivity index (χ1n) is 3.25. The van der Waals surface area contributed by atoms with Gasteiger partial charge in [0.25, 0.3) is 0 Å². The summed E-state index contributed by atoms with van der Waals surface area (Å²) in [6.07, 6.45) is 2.11. The number of nitrogens with two attached hydrogens (primary N) is 1. The molecule has 0 spiro atoms. The van der Waals surface area contributed by atoms with Gasteiger partial charge < -0.3 is 0 Å². The number of hydrogen-bond acceptors (Lipinski definition) is 1. The molecule has 0 fully saturated rings. The molecule has 0 bridgehead atoms. The van der Waals surface area contributed by atoms with Crippen molar-refractivity contribution in [1.82, 2.24) is 0 Å². The van der Waals surface area contributed by atoms with E-state index >= 15 is 0 Å². The van der Waals surface area contributed by atoms with E-state index in [1.807, 2.05) is 0 Å². The van der Waals surface area contributed by atoms with Gasteiger partial charge in [-0.1, -0.05) is 20.3 Å². The highest BCUT2D eigenvalue weighted by Gasteiger charge is 1.94. The van der Waals surface area contributed by atoms with E-state index in [0.717, 1.165) is 12.8 Å². The standard InChI is InChI=1S/C6H15NOS/c1-6(2)4-3-5-9(7)8/h6H,3-5,7H2,1-2H3. The van der Waals surface area contributed by atoms with Crippen LogP contribution in [0.4, 0.5) is 0 Å². The van der Waals surface area contributed by atoms with E-state index in [-0.39, 0.29) is 0 Å². The maximum atomic E-state index is 10.3. The molecule has 0 heterocycles. The smallest absolute Gasteiger partial charge is 0.0887 e. The first-order valence-corrected chi connectivity index (χ1v) is 4.64. The fourth-order valence-electron chi connectivity index (χ4n) is 0.634. The maximum Gasteiger partial charge on any atom is 0.0887 e. The molecule has 0 saturated carbocycles. The van der Waals surface area contributed by atoms with Crippen molar-refractivity contribution in [1.29, 1.82) is 0 Å². The molecule has 0 aromatic heterocycles. The van der Waals surface area contributed by atoms with Gasteiger partial charge in [0.15, 0.2) is 0 Å². The van der Waals surface area contributed by atoms with E-state index < -0.39 is 11.0 Å². The summed E-state index contributed by atoms with van der Waals surface area (Å²) in [7, 11) is -1.08. The molecule has 0 aliphatic carbocycles. The van der Waals surface area contributed by atoms with Gasteiger partial charge in [-0.25, -0.2) is 4.21 Å². The third kappa shape index (κ3) is 8.11. The molecule has 56 valence electrons. The zero-order valence-corrected chi connectivity index (χ0v) is 6.91. The van der Waals surface area contributed by atoms with Crippen LogP contribution in [0.1, 0.15) is 26.7 Å². The van der Waals surface area contributed by atoms with Crippen LogP contribution in [-0.2, 0) is 11.0 Å². The molecule has 1 atom stereocenters. The number of hydrogen-bond donors (Lipinski definition) is 1. The van der Waals surface area contributed by atoms with Crippen molar-refractivity contribution in [2.45, 2.75) is 26.7 Å². The second-order valence-corrected chi connectivity index (χ2v) is 3.79. The lowest BCUT2D eigenvalue weighted by atomic mass is 10.1. The van der Waals surface area contributed by atoms with Gasteiger partial charge in [-0.15, -0.1) is 0 Å². The molecular weight excluding hydrogens is 134 g/mol. The Morgan fingerprint density at radius 3 is 2.44 bits per heavy atom. The third-order valence-corrected chi connectivity index (χ3v) is 1.82. The van der Waals surface area contributed by atoms with Gasteiger partial charge in [0.05, 0.1) is 11.0 Å². The van der Waals surface area contributed by atoms with E-state index in [2.05, 4.69) is 13.8 Å². The van der Waals surface area contributed by atoms with E-state index in [4.69, 9.17) is 5.14 Å². The van der Waals surface area contributed by atoms with Crippen molar-refractivity contribution in [2.75, 3.05) is 5.75 Å². The van der Waals surface area contributed by atoms with Crippen LogP contribution in [-0.4, -0.2) is 9.96 Å². The Hall–Kier alpha value is 0.110. The van der Waals surface area contributed by atoms with E-state index in [0.29, 0.717) is 11.7 Å². The van der Waals surface area contributed by atoms with Crippen molar-refractivity contribution in [2.24, 2.45) is 11.1 Å². The van der Waals surface area contributed by atoms with Crippen LogP contribution in [0.5, 0.6) is 0 Å². The SMILES string of the molecule is CC(C)CCCS(N)=O. The van der Waals surface area contributed by atoms with E-state index in [1.54, 1.807) is 0 Å². The molecule has 2 nitrogen and oxygen atoms in total. The summed E-state index contributed by atoms with van der Waals surface area (Å²) in [5.41, 5.74) is 0. The Labute approximate surface area is 59.4 Å². The molecule has 0 rings (SSSR count). The lowest BCUT2D eigenvalue weighted by Crippen LogP contribution is -2.07. The first kappa shape index (κ1) is 9.11. The van der Waals surface area contributed by atoms with Crippen molar-refractivity contribution in [3.8, 4) is 0 Å². The van der Waals surface area contributed by atoms with Crippen molar-refractivity contribution >= 4 is 11.0 Å². The Morgan fingerprint density at radius 1 is 1.56 bits per heavy atom. The van der Waals surface area contributed by atoms with Gasteiger partial charge in [-0.05, 0) is 12.3 Å². The molecule has 0 aromatic rings. The van der Waals surface area contributed by atoms with Gasteiger partial charge in [-0.3, -0.25) is 5.14 Å². The van der Waals surface area contributed by atoms with Gasteiger partial charge in [0, 0.05) is 5.75 Å². The lowest BCUT2D eigenvalue weighted by Gasteiger charge is -2.00. The van der Waals surface area contributed by atoms with Crippen LogP contribution in [0.3, 0.4) is 0 Å². The summed E-state index contributed by atoms with van der Waals surface area (Å²) in [6.45, 7) is 4.30. The zero-order chi connectivity index (χ0) is 7.28. The molecule has 0 aromatic carbocycles. The topological polar surface area (TPSA) is 43.1 Å². The molecule has 3 heteroatoms. The molecule has 0 radical (unpaired) electrons. The van der Waals surface area contributed by atoms with Crippen LogP contribution >= 0.6 is 0 Å². The molecule has 0 saturated heterocycles. The monoisotopic (exact) mass is 149 g/mol. The molecule has 0 amide bonds. The van der Waals surface area contributed by atoms with Crippen LogP contribution < -0.4 is 5.14 Å². The Kier molecular flexibility index (Phi) is 5.00. The summed E-state index contributed by atoms with van der Waals surface area (Å²) in [5.74, 6) is 1.35. The second kappa shape index (κ2) is 4.94. The first-order chi connectivity index (χ1) is 4.13.